The zero-order valence-corrected chi connectivity index (χ0v) is 13.6. The molecule has 5 nitrogen and oxygen atoms in total. The van der Waals surface area contributed by atoms with E-state index in [4.69, 9.17) is 5.73 Å². The molecule has 1 aliphatic rings. The van der Waals surface area contributed by atoms with Crippen LogP contribution < -0.4 is 5.73 Å². The standard InChI is InChI=1S/C14H20N2O3S2/c1-10(12-5-3-7-20-12)21(19)9-13(17)16-6-2-4-11(8-16)14(15)18/h3,5,7,10-11H,2,4,6,8-9H2,1H3,(H2,15,18)/t10-,11+,21+/m1/s1. The van der Waals surface area contributed by atoms with E-state index in [1.807, 2.05) is 24.4 Å². The van der Waals surface area contributed by atoms with Crippen molar-refractivity contribution >= 4 is 34.0 Å². The molecule has 0 aliphatic carbocycles. The van der Waals surface area contributed by atoms with Crippen LogP contribution in [0.15, 0.2) is 17.5 Å². The van der Waals surface area contributed by atoms with Crippen LogP contribution in [0.1, 0.15) is 29.9 Å². The molecular formula is C14H20N2O3S2. The fourth-order valence-electron chi connectivity index (χ4n) is 2.43. The summed E-state index contributed by atoms with van der Waals surface area (Å²) in [6.45, 7) is 2.85. The van der Waals surface area contributed by atoms with E-state index in [2.05, 4.69) is 0 Å². The maximum Gasteiger partial charge on any atom is 0.235 e. The topological polar surface area (TPSA) is 80.5 Å². The first-order valence-corrected chi connectivity index (χ1v) is 9.23. The number of primary amides is 1. The number of thiophene rings is 1. The normalized spacial score (nSPS) is 21.8. The monoisotopic (exact) mass is 328 g/mol. The lowest BCUT2D eigenvalue weighted by molar-refractivity contribution is -0.132. The molecule has 1 fully saturated rings. The Labute approximate surface area is 131 Å². The summed E-state index contributed by atoms with van der Waals surface area (Å²) in [5, 5.41) is 1.79. The second-order valence-corrected chi connectivity index (χ2v) is 8.00. The number of nitrogens with two attached hydrogens (primary N) is 1. The Balaban J connectivity index is 1.91. The SMILES string of the molecule is C[C@H](c1cccs1)[S@@](=O)CC(=O)N1CCC[C@H](C(N)=O)C1. The molecule has 21 heavy (non-hydrogen) atoms. The Bertz CT molecular complexity index is 530. The van der Waals surface area contributed by atoms with Gasteiger partial charge in [-0.25, -0.2) is 0 Å². The van der Waals surface area contributed by atoms with Crippen molar-refractivity contribution in [2.24, 2.45) is 11.7 Å². The molecule has 3 atom stereocenters. The average molecular weight is 328 g/mol. The van der Waals surface area contributed by atoms with Gasteiger partial charge in [-0.2, -0.15) is 0 Å². The highest BCUT2D eigenvalue weighted by Gasteiger charge is 2.28. The van der Waals surface area contributed by atoms with Crippen LogP contribution in [0.5, 0.6) is 0 Å². The molecular weight excluding hydrogens is 308 g/mol. The Morgan fingerprint density at radius 2 is 2.33 bits per heavy atom. The molecule has 2 N–H and O–H groups in total. The zero-order chi connectivity index (χ0) is 15.4. The number of likely N-dealkylation sites (tertiary alicyclic amines) is 1. The van der Waals surface area contributed by atoms with Gasteiger partial charge in [-0.05, 0) is 31.2 Å². The summed E-state index contributed by atoms with van der Waals surface area (Å²) < 4.78 is 12.3. The summed E-state index contributed by atoms with van der Waals surface area (Å²) in [5.74, 6) is -0.779. The average Bonchev–Trinajstić information content (AvgIpc) is 3.00. The first-order valence-electron chi connectivity index (χ1n) is 6.96. The number of hydrogen-bond acceptors (Lipinski definition) is 4. The molecule has 116 valence electrons. The second kappa shape index (κ2) is 7.17. The number of rotatable bonds is 5. The summed E-state index contributed by atoms with van der Waals surface area (Å²) in [4.78, 5) is 26.1. The first kappa shape index (κ1) is 16.2. The number of carbonyl (C=O) groups excluding carboxylic acids is 2. The number of amides is 2. The summed E-state index contributed by atoms with van der Waals surface area (Å²) in [6.07, 6.45) is 1.50. The van der Waals surface area contributed by atoms with Gasteiger partial charge >= 0.3 is 0 Å². The molecule has 0 saturated carbocycles. The van der Waals surface area contributed by atoms with Gasteiger partial charge in [0.2, 0.25) is 11.8 Å². The van der Waals surface area contributed by atoms with Crippen molar-refractivity contribution in [2.75, 3.05) is 18.8 Å². The third-order valence-corrected chi connectivity index (χ3v) is 6.56. The van der Waals surface area contributed by atoms with Crippen LogP contribution in [0.4, 0.5) is 0 Å². The summed E-state index contributed by atoms with van der Waals surface area (Å²) in [6, 6.07) is 3.85. The summed E-state index contributed by atoms with van der Waals surface area (Å²) in [7, 11) is -1.24. The van der Waals surface area contributed by atoms with Crippen molar-refractivity contribution in [3.63, 3.8) is 0 Å². The lowest BCUT2D eigenvalue weighted by Gasteiger charge is -2.31. The van der Waals surface area contributed by atoms with Gasteiger partial charge in [0.1, 0.15) is 5.75 Å². The van der Waals surface area contributed by atoms with Crippen LogP contribution in [0.25, 0.3) is 0 Å². The van der Waals surface area contributed by atoms with Gasteiger partial charge in [0.25, 0.3) is 0 Å². The van der Waals surface area contributed by atoms with Gasteiger partial charge in [0, 0.05) is 28.8 Å². The maximum absolute atomic E-state index is 12.3. The van der Waals surface area contributed by atoms with Crippen molar-refractivity contribution in [3.05, 3.63) is 22.4 Å². The van der Waals surface area contributed by atoms with Crippen LogP contribution >= 0.6 is 11.3 Å². The molecule has 0 radical (unpaired) electrons. The third-order valence-electron chi connectivity index (χ3n) is 3.78. The van der Waals surface area contributed by atoms with Crippen molar-refractivity contribution in [3.8, 4) is 0 Å². The van der Waals surface area contributed by atoms with Crippen molar-refractivity contribution < 1.29 is 13.8 Å². The molecule has 7 heteroatoms. The molecule has 0 spiro atoms. The fourth-order valence-corrected chi connectivity index (χ4v) is 4.59. The number of carbonyl (C=O) groups is 2. The van der Waals surface area contributed by atoms with E-state index >= 15 is 0 Å². The first-order chi connectivity index (χ1) is 9.99. The van der Waals surface area contributed by atoms with Crippen molar-refractivity contribution in [2.45, 2.75) is 25.0 Å². The second-order valence-electron chi connectivity index (χ2n) is 5.26. The van der Waals surface area contributed by atoms with Crippen LogP contribution in [0, 0.1) is 5.92 Å². The molecule has 1 aromatic heterocycles. The minimum Gasteiger partial charge on any atom is -0.369 e. The molecule has 0 bridgehead atoms. The molecule has 2 amide bonds. The van der Waals surface area contributed by atoms with Crippen molar-refractivity contribution in [1.29, 1.82) is 0 Å². The van der Waals surface area contributed by atoms with Crippen LogP contribution in [0.2, 0.25) is 0 Å². The molecule has 0 unspecified atom stereocenters. The Morgan fingerprint density at radius 3 is 2.95 bits per heavy atom. The molecule has 2 rings (SSSR count). The molecule has 0 aromatic carbocycles. The van der Waals surface area contributed by atoms with E-state index in [-0.39, 0.29) is 28.7 Å². The van der Waals surface area contributed by atoms with Crippen LogP contribution in [-0.2, 0) is 20.4 Å². The lowest BCUT2D eigenvalue weighted by atomic mass is 9.97. The van der Waals surface area contributed by atoms with E-state index in [0.29, 0.717) is 13.1 Å². The number of piperidine rings is 1. The lowest BCUT2D eigenvalue weighted by Crippen LogP contribution is -2.45. The predicted molar refractivity (Wildman–Crippen MR) is 84.2 cm³/mol. The summed E-state index contributed by atoms with van der Waals surface area (Å²) in [5.41, 5.74) is 5.31. The zero-order valence-electron chi connectivity index (χ0n) is 12.0. The minimum atomic E-state index is -1.24. The highest BCUT2D eigenvalue weighted by atomic mass is 32.2. The highest BCUT2D eigenvalue weighted by Crippen LogP contribution is 2.24. The van der Waals surface area contributed by atoms with Gasteiger partial charge in [-0.1, -0.05) is 6.07 Å². The van der Waals surface area contributed by atoms with Gasteiger partial charge in [0.05, 0.1) is 11.2 Å². The smallest absolute Gasteiger partial charge is 0.235 e. The molecule has 1 saturated heterocycles. The van der Waals surface area contributed by atoms with Gasteiger partial charge in [0.15, 0.2) is 0 Å². The van der Waals surface area contributed by atoms with E-state index in [0.717, 1.165) is 17.7 Å². The van der Waals surface area contributed by atoms with Crippen molar-refractivity contribution in [1.82, 2.24) is 4.90 Å². The fraction of sp³-hybridized carbons (Fsp3) is 0.571. The van der Waals surface area contributed by atoms with Crippen LogP contribution in [-0.4, -0.2) is 39.8 Å². The van der Waals surface area contributed by atoms with Gasteiger partial charge in [-0.15, -0.1) is 11.3 Å². The highest BCUT2D eigenvalue weighted by molar-refractivity contribution is 7.86. The quantitative estimate of drug-likeness (QED) is 0.884. The predicted octanol–water partition coefficient (Wildman–Crippen LogP) is 1.28. The minimum absolute atomic E-state index is 0.00451. The number of hydrogen-bond donors (Lipinski definition) is 1. The molecule has 1 aliphatic heterocycles. The van der Waals surface area contributed by atoms with E-state index in [1.165, 1.54) is 0 Å². The van der Waals surface area contributed by atoms with Gasteiger partial charge < -0.3 is 10.6 Å². The summed E-state index contributed by atoms with van der Waals surface area (Å²) >= 11 is 1.55. The Morgan fingerprint density at radius 1 is 1.57 bits per heavy atom. The molecule has 2 heterocycles. The number of nitrogens with zero attached hydrogens (tertiary/aromatic N) is 1. The maximum atomic E-state index is 12.3. The third kappa shape index (κ3) is 4.14. The largest absolute Gasteiger partial charge is 0.369 e. The van der Waals surface area contributed by atoms with E-state index < -0.39 is 10.8 Å². The van der Waals surface area contributed by atoms with Gasteiger partial charge in [-0.3, -0.25) is 13.8 Å². The Kier molecular flexibility index (Phi) is 5.52. The Hall–Kier alpha value is -1.21. The van der Waals surface area contributed by atoms with E-state index in [1.54, 1.807) is 16.2 Å². The van der Waals surface area contributed by atoms with Crippen LogP contribution in [0.3, 0.4) is 0 Å². The van der Waals surface area contributed by atoms with E-state index in [9.17, 15) is 13.8 Å². The molecule has 1 aromatic rings.